The molecule has 0 atom stereocenters. The first-order valence-electron chi connectivity index (χ1n) is 4.31. The summed E-state index contributed by atoms with van der Waals surface area (Å²) in [4.78, 5) is 29.6. The molecule has 7 heteroatoms. The van der Waals surface area contributed by atoms with Crippen LogP contribution in [-0.4, -0.2) is 29.3 Å². The molecule has 1 N–H and O–H groups in total. The minimum atomic E-state index is -0.622. The summed E-state index contributed by atoms with van der Waals surface area (Å²) in [6, 6.07) is 0. The molecule has 0 amide bonds. The molecule has 2 aromatic heterocycles. The van der Waals surface area contributed by atoms with E-state index in [1.807, 2.05) is 0 Å². The Hall–Kier alpha value is -1.76. The molecule has 2 rings (SSSR count). The van der Waals surface area contributed by atoms with E-state index in [9.17, 15) is 9.59 Å². The molecule has 0 bridgehead atoms. The van der Waals surface area contributed by atoms with Crippen LogP contribution in [0.25, 0.3) is 11.1 Å². The normalized spacial score (nSPS) is 10.6. The first-order chi connectivity index (χ1) is 7.67. The standard InChI is InChI=1S/C9H8N2O4S/c1-14-8(13)4-3-15-7-5(4)6(12)10-9(11-7)16-2/h3H,1-2H3,(H,10,11,12). The number of H-pyrrole nitrogens is 1. The topological polar surface area (TPSA) is 85.2 Å². The van der Waals surface area contributed by atoms with Gasteiger partial charge in [0.2, 0.25) is 5.71 Å². The fraction of sp³-hybridized carbons (Fsp3) is 0.222. The Morgan fingerprint density at radius 2 is 2.38 bits per heavy atom. The molecule has 0 aromatic carbocycles. The van der Waals surface area contributed by atoms with Crippen molar-refractivity contribution >= 4 is 28.8 Å². The summed E-state index contributed by atoms with van der Waals surface area (Å²) < 4.78 is 9.58. The largest absolute Gasteiger partial charge is 0.465 e. The molecule has 6 nitrogen and oxygen atoms in total. The minimum Gasteiger partial charge on any atom is -0.465 e. The molecular weight excluding hydrogens is 232 g/mol. The Kier molecular flexibility index (Phi) is 2.69. The summed E-state index contributed by atoms with van der Waals surface area (Å²) >= 11 is 1.28. The molecule has 0 saturated carbocycles. The Bertz CT molecular complexity index is 601. The Labute approximate surface area is 94.0 Å². The summed E-state index contributed by atoms with van der Waals surface area (Å²) in [5.74, 6) is -0.622. The van der Waals surface area contributed by atoms with E-state index in [0.717, 1.165) is 0 Å². The smallest absolute Gasteiger partial charge is 0.342 e. The fourth-order valence-electron chi connectivity index (χ4n) is 1.29. The van der Waals surface area contributed by atoms with Crippen molar-refractivity contribution in [2.75, 3.05) is 13.4 Å². The number of furan rings is 1. The molecule has 0 aliphatic rings. The number of fused-ring (bicyclic) bond motifs is 1. The molecule has 0 aliphatic heterocycles. The van der Waals surface area contributed by atoms with Crippen LogP contribution >= 0.6 is 11.8 Å². The number of nitrogens with one attached hydrogen (secondary N) is 1. The van der Waals surface area contributed by atoms with Crippen molar-refractivity contribution < 1.29 is 13.9 Å². The third kappa shape index (κ3) is 1.58. The number of carbonyl (C=O) groups excluding carboxylic acids is 1. The summed E-state index contributed by atoms with van der Waals surface area (Å²) in [5.41, 5.74) is -0.198. The molecule has 0 aliphatic carbocycles. The van der Waals surface area contributed by atoms with E-state index in [4.69, 9.17) is 4.42 Å². The molecule has 16 heavy (non-hydrogen) atoms. The van der Waals surface area contributed by atoms with Gasteiger partial charge in [0.15, 0.2) is 5.16 Å². The second kappa shape index (κ2) is 4.01. The van der Waals surface area contributed by atoms with Crippen LogP contribution in [0, 0.1) is 0 Å². The lowest BCUT2D eigenvalue weighted by molar-refractivity contribution is 0.0602. The van der Waals surface area contributed by atoms with Gasteiger partial charge in [-0.15, -0.1) is 0 Å². The van der Waals surface area contributed by atoms with Crippen molar-refractivity contribution in [1.29, 1.82) is 0 Å². The van der Waals surface area contributed by atoms with E-state index in [0.29, 0.717) is 5.16 Å². The number of nitrogens with zero attached hydrogens (tertiary/aromatic N) is 1. The lowest BCUT2D eigenvalue weighted by Gasteiger charge is -1.96. The Morgan fingerprint density at radius 1 is 1.62 bits per heavy atom. The number of hydrogen-bond acceptors (Lipinski definition) is 6. The highest BCUT2D eigenvalue weighted by atomic mass is 32.2. The van der Waals surface area contributed by atoms with E-state index in [1.165, 1.54) is 25.1 Å². The third-order valence-corrected chi connectivity index (χ3v) is 2.60. The highest BCUT2D eigenvalue weighted by Crippen LogP contribution is 2.18. The van der Waals surface area contributed by atoms with Gasteiger partial charge in [0.05, 0.1) is 7.11 Å². The molecular formula is C9H8N2O4S. The van der Waals surface area contributed by atoms with Gasteiger partial charge in [0, 0.05) is 0 Å². The van der Waals surface area contributed by atoms with Crippen LogP contribution < -0.4 is 5.56 Å². The molecule has 2 aromatic rings. The monoisotopic (exact) mass is 240 g/mol. The molecule has 0 fully saturated rings. The lowest BCUT2D eigenvalue weighted by Crippen LogP contribution is -2.11. The summed E-state index contributed by atoms with van der Waals surface area (Å²) in [5, 5.41) is 0.549. The van der Waals surface area contributed by atoms with Crippen LogP contribution in [0.4, 0.5) is 0 Å². The number of aromatic nitrogens is 2. The van der Waals surface area contributed by atoms with Crippen molar-refractivity contribution in [2.24, 2.45) is 0 Å². The number of thioether (sulfide) groups is 1. The average Bonchev–Trinajstić information content (AvgIpc) is 2.72. The highest BCUT2D eigenvalue weighted by Gasteiger charge is 2.18. The van der Waals surface area contributed by atoms with Gasteiger partial charge in [-0.1, -0.05) is 11.8 Å². The van der Waals surface area contributed by atoms with Crippen LogP contribution in [-0.2, 0) is 4.74 Å². The molecule has 2 heterocycles. The van der Waals surface area contributed by atoms with Crippen LogP contribution in [0.1, 0.15) is 10.4 Å². The van der Waals surface area contributed by atoms with Gasteiger partial charge in [-0.3, -0.25) is 4.79 Å². The van der Waals surface area contributed by atoms with Crippen LogP contribution in [0.5, 0.6) is 0 Å². The number of aromatic amines is 1. The SMILES string of the molecule is COC(=O)c1coc2nc(SC)[nH]c(=O)c12. The van der Waals surface area contributed by atoms with Gasteiger partial charge >= 0.3 is 5.97 Å². The molecule has 0 saturated heterocycles. The van der Waals surface area contributed by atoms with Gasteiger partial charge in [0.25, 0.3) is 5.56 Å². The second-order valence-electron chi connectivity index (χ2n) is 2.90. The van der Waals surface area contributed by atoms with Crippen LogP contribution in [0.2, 0.25) is 0 Å². The zero-order valence-corrected chi connectivity index (χ0v) is 9.38. The van der Waals surface area contributed by atoms with Crippen molar-refractivity contribution in [3.63, 3.8) is 0 Å². The highest BCUT2D eigenvalue weighted by molar-refractivity contribution is 7.98. The van der Waals surface area contributed by atoms with E-state index < -0.39 is 11.5 Å². The quantitative estimate of drug-likeness (QED) is 0.479. The van der Waals surface area contributed by atoms with E-state index in [1.54, 1.807) is 6.26 Å². The van der Waals surface area contributed by atoms with Crippen molar-refractivity contribution in [1.82, 2.24) is 9.97 Å². The summed E-state index contributed by atoms with van der Waals surface area (Å²) in [7, 11) is 1.24. The maximum absolute atomic E-state index is 11.7. The van der Waals surface area contributed by atoms with E-state index in [-0.39, 0.29) is 16.7 Å². The maximum atomic E-state index is 11.7. The summed E-state index contributed by atoms with van der Waals surface area (Å²) in [6.07, 6.45) is 2.94. The zero-order chi connectivity index (χ0) is 11.7. The Morgan fingerprint density at radius 3 is 3.00 bits per heavy atom. The van der Waals surface area contributed by atoms with Crippen molar-refractivity contribution in [3.8, 4) is 0 Å². The number of rotatable bonds is 2. The zero-order valence-electron chi connectivity index (χ0n) is 8.57. The van der Waals surface area contributed by atoms with Gasteiger partial charge in [-0.05, 0) is 6.26 Å². The number of hydrogen-bond donors (Lipinski definition) is 1. The predicted octanol–water partition coefficient (Wildman–Crippen LogP) is 1.02. The third-order valence-electron chi connectivity index (χ3n) is 2.02. The first-order valence-corrected chi connectivity index (χ1v) is 5.53. The van der Waals surface area contributed by atoms with Crippen LogP contribution in [0.3, 0.4) is 0 Å². The van der Waals surface area contributed by atoms with Crippen LogP contribution in [0.15, 0.2) is 20.6 Å². The summed E-state index contributed by atoms with van der Waals surface area (Å²) in [6.45, 7) is 0. The molecule has 84 valence electrons. The van der Waals surface area contributed by atoms with Gasteiger partial charge < -0.3 is 14.1 Å². The van der Waals surface area contributed by atoms with Gasteiger partial charge in [0.1, 0.15) is 17.2 Å². The minimum absolute atomic E-state index is 0.0823. The molecule has 0 spiro atoms. The molecule has 0 unspecified atom stereocenters. The average molecular weight is 240 g/mol. The predicted molar refractivity (Wildman–Crippen MR) is 57.8 cm³/mol. The Balaban J connectivity index is 2.74. The number of ether oxygens (including phenoxy) is 1. The van der Waals surface area contributed by atoms with Gasteiger partial charge in [-0.25, -0.2) is 4.79 Å². The number of esters is 1. The second-order valence-corrected chi connectivity index (χ2v) is 3.69. The first kappa shape index (κ1) is 10.7. The van der Waals surface area contributed by atoms with Crippen molar-refractivity contribution in [3.05, 3.63) is 22.2 Å². The lowest BCUT2D eigenvalue weighted by atomic mass is 10.2. The maximum Gasteiger partial charge on any atom is 0.342 e. The van der Waals surface area contributed by atoms with Gasteiger partial charge in [-0.2, -0.15) is 4.98 Å². The molecule has 0 radical (unpaired) electrons. The fourth-order valence-corrected chi connectivity index (χ4v) is 1.66. The number of methoxy groups -OCH3 is 1. The van der Waals surface area contributed by atoms with Crippen molar-refractivity contribution in [2.45, 2.75) is 5.16 Å². The number of carbonyl (C=O) groups is 1. The van der Waals surface area contributed by atoms with E-state index >= 15 is 0 Å². The van der Waals surface area contributed by atoms with E-state index in [2.05, 4.69) is 14.7 Å².